The van der Waals surface area contributed by atoms with Crippen LogP contribution >= 0.6 is 0 Å². The molecular formula is C13H20N2O7. The van der Waals surface area contributed by atoms with Crippen molar-refractivity contribution in [3.8, 4) is 0 Å². The summed E-state index contributed by atoms with van der Waals surface area (Å²) in [6.45, 7) is -0.867. The number of hydrogen-bond donors (Lipinski definition) is 8. The van der Waals surface area contributed by atoms with Crippen LogP contribution in [0.25, 0.3) is 0 Å². The molecule has 0 aliphatic heterocycles. The Morgan fingerprint density at radius 1 is 1.05 bits per heavy atom. The van der Waals surface area contributed by atoms with Crippen molar-refractivity contribution < 1.29 is 35.4 Å². The lowest BCUT2D eigenvalue weighted by Crippen LogP contribution is -2.52. The summed E-state index contributed by atoms with van der Waals surface area (Å²) in [5.41, 5.74) is 6.03. The molecule has 5 atom stereocenters. The second kappa shape index (κ2) is 8.03. The summed E-state index contributed by atoms with van der Waals surface area (Å²) in [6.07, 6.45) is -9.89. The van der Waals surface area contributed by atoms with Gasteiger partial charge in [-0.15, -0.1) is 0 Å². The van der Waals surface area contributed by atoms with Gasteiger partial charge in [0.25, 0.3) is 5.91 Å². The van der Waals surface area contributed by atoms with Crippen LogP contribution in [-0.2, 0) is 4.79 Å². The molecule has 5 unspecified atom stereocenters. The van der Waals surface area contributed by atoms with Crippen molar-refractivity contribution in [1.82, 2.24) is 0 Å². The SMILES string of the molecule is Nc1ccccc1NC(=O)C(O)C(O)C(O)C(O)C(O)CO. The first kappa shape index (κ1) is 18.3. The van der Waals surface area contributed by atoms with E-state index in [0.717, 1.165) is 0 Å². The monoisotopic (exact) mass is 316 g/mol. The van der Waals surface area contributed by atoms with E-state index in [-0.39, 0.29) is 11.4 Å². The van der Waals surface area contributed by atoms with E-state index >= 15 is 0 Å². The number of nitrogen functional groups attached to an aromatic ring is 1. The lowest BCUT2D eigenvalue weighted by Gasteiger charge is -2.28. The largest absolute Gasteiger partial charge is 0.397 e. The molecule has 1 amide bonds. The maximum Gasteiger partial charge on any atom is 0.256 e. The van der Waals surface area contributed by atoms with Crippen LogP contribution in [0.3, 0.4) is 0 Å². The Kier molecular flexibility index (Phi) is 6.68. The predicted octanol–water partition coefficient (Wildman–Crippen LogP) is -3.00. The smallest absolute Gasteiger partial charge is 0.256 e. The third-order valence-electron chi connectivity index (χ3n) is 3.09. The minimum absolute atomic E-state index is 0.198. The summed E-state index contributed by atoms with van der Waals surface area (Å²) in [5, 5.41) is 58.5. The summed E-state index contributed by atoms with van der Waals surface area (Å²) in [6, 6.07) is 6.19. The van der Waals surface area contributed by atoms with Crippen molar-refractivity contribution in [3.63, 3.8) is 0 Å². The first-order chi connectivity index (χ1) is 10.3. The maximum atomic E-state index is 11.8. The van der Waals surface area contributed by atoms with Gasteiger partial charge in [-0.05, 0) is 12.1 Å². The molecule has 124 valence electrons. The molecule has 0 heterocycles. The summed E-state index contributed by atoms with van der Waals surface area (Å²) in [4.78, 5) is 11.8. The normalized spacial score (nSPS) is 18.1. The average molecular weight is 316 g/mol. The van der Waals surface area contributed by atoms with Crippen LogP contribution in [-0.4, -0.2) is 73.7 Å². The second-order valence-electron chi connectivity index (χ2n) is 4.74. The first-order valence-electron chi connectivity index (χ1n) is 6.46. The lowest BCUT2D eigenvalue weighted by molar-refractivity contribution is -0.153. The number of amides is 1. The zero-order valence-electron chi connectivity index (χ0n) is 11.6. The van der Waals surface area contributed by atoms with Gasteiger partial charge in [0.15, 0.2) is 6.10 Å². The highest BCUT2D eigenvalue weighted by atomic mass is 16.4. The van der Waals surface area contributed by atoms with Crippen molar-refractivity contribution in [2.45, 2.75) is 30.5 Å². The Balaban J connectivity index is 2.71. The number of nitrogens with two attached hydrogens (primary N) is 1. The van der Waals surface area contributed by atoms with Crippen molar-refractivity contribution in [1.29, 1.82) is 0 Å². The second-order valence-corrected chi connectivity index (χ2v) is 4.74. The molecule has 1 aromatic rings. The number of nitrogens with one attached hydrogen (secondary N) is 1. The summed E-state index contributed by atoms with van der Waals surface area (Å²) >= 11 is 0. The highest BCUT2D eigenvalue weighted by Gasteiger charge is 2.37. The van der Waals surface area contributed by atoms with E-state index in [2.05, 4.69) is 5.32 Å². The van der Waals surface area contributed by atoms with Gasteiger partial charge in [0, 0.05) is 0 Å². The van der Waals surface area contributed by atoms with Gasteiger partial charge in [-0.25, -0.2) is 0 Å². The van der Waals surface area contributed by atoms with Gasteiger partial charge in [-0.2, -0.15) is 0 Å². The Morgan fingerprint density at radius 3 is 2.18 bits per heavy atom. The molecule has 0 fully saturated rings. The third kappa shape index (κ3) is 4.37. The van der Waals surface area contributed by atoms with Gasteiger partial charge < -0.3 is 41.7 Å². The van der Waals surface area contributed by atoms with Crippen molar-refractivity contribution >= 4 is 17.3 Å². The molecule has 0 bridgehead atoms. The molecule has 9 heteroatoms. The van der Waals surface area contributed by atoms with Gasteiger partial charge in [-0.3, -0.25) is 4.79 Å². The summed E-state index contributed by atoms with van der Waals surface area (Å²) < 4.78 is 0. The third-order valence-corrected chi connectivity index (χ3v) is 3.09. The Hall–Kier alpha value is -1.75. The topological polar surface area (TPSA) is 176 Å². The molecule has 1 rings (SSSR count). The number of carbonyl (C=O) groups excluding carboxylic acids is 1. The van der Waals surface area contributed by atoms with Crippen LogP contribution in [0.4, 0.5) is 11.4 Å². The fourth-order valence-corrected chi connectivity index (χ4v) is 1.70. The summed E-state index contributed by atoms with van der Waals surface area (Å²) in [7, 11) is 0. The number of hydrogen-bond acceptors (Lipinski definition) is 8. The van der Waals surface area contributed by atoms with Gasteiger partial charge in [0.2, 0.25) is 0 Å². The van der Waals surface area contributed by atoms with Gasteiger partial charge >= 0.3 is 0 Å². The Labute approximate surface area is 126 Å². The number of carbonyl (C=O) groups is 1. The quantitative estimate of drug-likeness (QED) is 0.245. The Morgan fingerprint density at radius 2 is 1.64 bits per heavy atom. The van der Waals surface area contributed by atoms with Crippen LogP contribution in [0.15, 0.2) is 24.3 Å². The van der Waals surface area contributed by atoms with Crippen LogP contribution in [0.1, 0.15) is 0 Å². The fraction of sp³-hybridized carbons (Fsp3) is 0.462. The van der Waals surface area contributed by atoms with Gasteiger partial charge in [0.05, 0.1) is 18.0 Å². The predicted molar refractivity (Wildman–Crippen MR) is 76.6 cm³/mol. The summed E-state index contributed by atoms with van der Waals surface area (Å²) in [5.74, 6) is -1.06. The zero-order chi connectivity index (χ0) is 16.9. The molecule has 9 N–H and O–H groups in total. The lowest BCUT2D eigenvalue weighted by atomic mass is 9.99. The van der Waals surface area contributed by atoms with E-state index in [1.807, 2.05) is 0 Å². The Bertz CT molecular complexity index is 499. The number of aliphatic hydroxyl groups is 6. The fourth-order valence-electron chi connectivity index (χ4n) is 1.70. The van der Waals surface area contributed by atoms with Crippen LogP contribution in [0, 0.1) is 0 Å². The van der Waals surface area contributed by atoms with Crippen LogP contribution in [0.2, 0.25) is 0 Å². The molecule has 9 nitrogen and oxygen atoms in total. The highest BCUT2D eigenvalue weighted by molar-refractivity contribution is 5.96. The molecule has 0 aliphatic rings. The standard InChI is InChI=1S/C13H20N2O7/c14-6-3-1-2-4-7(6)15-13(22)12(21)11(20)10(19)9(18)8(17)5-16/h1-4,8-12,16-21H,5,14H2,(H,15,22). The number of para-hydroxylation sites is 2. The van der Waals surface area contributed by atoms with Crippen molar-refractivity contribution in [2.24, 2.45) is 0 Å². The van der Waals surface area contributed by atoms with Gasteiger partial charge in [0.1, 0.15) is 24.4 Å². The number of anilines is 2. The van der Waals surface area contributed by atoms with E-state index < -0.39 is 43.0 Å². The van der Waals surface area contributed by atoms with E-state index in [9.17, 15) is 25.2 Å². The molecule has 1 aromatic carbocycles. The molecular weight excluding hydrogens is 296 g/mol. The van der Waals surface area contributed by atoms with E-state index in [1.54, 1.807) is 12.1 Å². The molecule has 0 saturated heterocycles. The van der Waals surface area contributed by atoms with E-state index in [0.29, 0.717) is 0 Å². The van der Waals surface area contributed by atoms with Crippen molar-refractivity contribution in [2.75, 3.05) is 17.7 Å². The van der Waals surface area contributed by atoms with Crippen molar-refractivity contribution in [3.05, 3.63) is 24.3 Å². The molecule has 0 saturated carbocycles. The average Bonchev–Trinajstić information content (AvgIpc) is 2.53. The van der Waals surface area contributed by atoms with Crippen LogP contribution in [0.5, 0.6) is 0 Å². The minimum atomic E-state index is -2.09. The molecule has 0 spiro atoms. The first-order valence-corrected chi connectivity index (χ1v) is 6.46. The maximum absolute atomic E-state index is 11.8. The van der Waals surface area contributed by atoms with E-state index in [4.69, 9.17) is 15.9 Å². The molecule has 22 heavy (non-hydrogen) atoms. The van der Waals surface area contributed by atoms with E-state index in [1.165, 1.54) is 12.1 Å². The number of aliphatic hydroxyl groups excluding tert-OH is 6. The highest BCUT2D eigenvalue weighted by Crippen LogP contribution is 2.18. The molecule has 0 radical (unpaired) electrons. The number of benzene rings is 1. The molecule has 0 aromatic heterocycles. The zero-order valence-corrected chi connectivity index (χ0v) is 11.6. The number of rotatable bonds is 7. The van der Waals surface area contributed by atoms with Crippen LogP contribution < -0.4 is 11.1 Å². The molecule has 0 aliphatic carbocycles. The van der Waals surface area contributed by atoms with Gasteiger partial charge in [-0.1, -0.05) is 12.1 Å². The minimum Gasteiger partial charge on any atom is -0.397 e.